The summed E-state index contributed by atoms with van der Waals surface area (Å²) in [5.74, 6) is 1.39. The number of benzene rings is 3. The van der Waals surface area contributed by atoms with Gasteiger partial charge in [0.1, 0.15) is 11.5 Å². The number of ether oxygens (including phenoxy) is 3. The smallest absolute Gasteiger partial charge is 0.258 e. The Balaban J connectivity index is 1.39. The van der Waals surface area contributed by atoms with Crippen LogP contribution >= 0.6 is 0 Å². The van der Waals surface area contributed by atoms with Crippen LogP contribution < -0.4 is 14.8 Å². The first-order chi connectivity index (χ1) is 15.2. The van der Waals surface area contributed by atoms with Crippen molar-refractivity contribution in [1.29, 1.82) is 0 Å². The minimum Gasteiger partial charge on any atom is -0.497 e. The number of rotatable bonds is 8. The second-order valence-electron chi connectivity index (χ2n) is 7.51. The van der Waals surface area contributed by atoms with E-state index in [0.717, 1.165) is 35.2 Å². The van der Waals surface area contributed by atoms with E-state index in [1.807, 2.05) is 54.6 Å². The lowest BCUT2D eigenvalue weighted by Gasteiger charge is -2.35. The van der Waals surface area contributed by atoms with Crippen molar-refractivity contribution in [3.8, 4) is 11.5 Å². The SMILES string of the molecule is COc1ccc(C(CNC(=O)COc2cccc3ccccc23)N2CCOCC2)cc1. The monoisotopic (exact) mass is 420 g/mol. The van der Waals surface area contributed by atoms with E-state index in [1.165, 1.54) is 0 Å². The number of amides is 1. The molecule has 0 aromatic heterocycles. The van der Waals surface area contributed by atoms with Gasteiger partial charge in [0.05, 0.1) is 26.4 Å². The molecule has 162 valence electrons. The Morgan fingerprint density at radius 1 is 1.03 bits per heavy atom. The summed E-state index contributed by atoms with van der Waals surface area (Å²) in [6, 6.07) is 21.9. The third-order valence-electron chi connectivity index (χ3n) is 5.59. The Bertz CT molecular complexity index is 995. The van der Waals surface area contributed by atoms with Gasteiger partial charge in [0.25, 0.3) is 5.91 Å². The molecule has 0 spiro atoms. The fourth-order valence-electron chi connectivity index (χ4n) is 3.90. The van der Waals surface area contributed by atoms with Crippen LogP contribution in [0.4, 0.5) is 0 Å². The molecule has 1 saturated heterocycles. The van der Waals surface area contributed by atoms with Crippen LogP contribution in [0.15, 0.2) is 66.7 Å². The summed E-state index contributed by atoms with van der Waals surface area (Å²) in [6.07, 6.45) is 0. The number of methoxy groups -OCH3 is 1. The fourth-order valence-corrected chi connectivity index (χ4v) is 3.90. The first-order valence-corrected chi connectivity index (χ1v) is 10.6. The molecule has 4 rings (SSSR count). The van der Waals surface area contributed by atoms with Crippen molar-refractivity contribution >= 4 is 16.7 Å². The van der Waals surface area contributed by atoms with Gasteiger partial charge in [-0.15, -0.1) is 0 Å². The summed E-state index contributed by atoms with van der Waals surface area (Å²) in [5.41, 5.74) is 1.14. The lowest BCUT2D eigenvalue weighted by Crippen LogP contribution is -2.44. The van der Waals surface area contributed by atoms with Crippen molar-refractivity contribution in [3.05, 3.63) is 72.3 Å². The molecule has 1 aliphatic heterocycles. The van der Waals surface area contributed by atoms with Crippen LogP contribution in [0.25, 0.3) is 10.8 Å². The third-order valence-corrected chi connectivity index (χ3v) is 5.59. The highest BCUT2D eigenvalue weighted by atomic mass is 16.5. The summed E-state index contributed by atoms with van der Waals surface area (Å²) in [7, 11) is 1.66. The molecule has 31 heavy (non-hydrogen) atoms. The van der Waals surface area contributed by atoms with Crippen molar-refractivity contribution < 1.29 is 19.0 Å². The second kappa shape index (κ2) is 10.3. The second-order valence-corrected chi connectivity index (χ2v) is 7.51. The molecule has 1 heterocycles. The standard InChI is InChI=1S/C25H28N2O4/c1-29-21-11-9-20(10-12-21)23(27-13-15-30-16-14-27)17-26-25(28)18-31-24-8-4-6-19-5-2-3-7-22(19)24/h2-12,23H,13-18H2,1H3,(H,26,28). The highest BCUT2D eigenvalue weighted by molar-refractivity contribution is 5.88. The zero-order valence-electron chi connectivity index (χ0n) is 17.8. The normalized spacial score (nSPS) is 15.4. The predicted octanol–water partition coefficient (Wildman–Crippen LogP) is 3.42. The first-order valence-electron chi connectivity index (χ1n) is 10.6. The number of carbonyl (C=O) groups excluding carboxylic acids is 1. The Kier molecular flexibility index (Phi) is 7.02. The molecule has 6 heteroatoms. The Morgan fingerprint density at radius 3 is 2.55 bits per heavy atom. The molecule has 3 aromatic carbocycles. The number of nitrogens with one attached hydrogen (secondary N) is 1. The van der Waals surface area contributed by atoms with Gasteiger partial charge in [0.2, 0.25) is 0 Å². The topological polar surface area (TPSA) is 60.0 Å². The van der Waals surface area contributed by atoms with Gasteiger partial charge in [-0.3, -0.25) is 9.69 Å². The van der Waals surface area contributed by atoms with Gasteiger partial charge in [-0.2, -0.15) is 0 Å². The third kappa shape index (κ3) is 5.34. The number of nitrogens with zero attached hydrogens (tertiary/aromatic N) is 1. The zero-order chi connectivity index (χ0) is 21.5. The number of hydrogen-bond donors (Lipinski definition) is 1. The van der Waals surface area contributed by atoms with Crippen LogP contribution in [0.1, 0.15) is 11.6 Å². The lowest BCUT2D eigenvalue weighted by atomic mass is 10.0. The molecule has 1 N–H and O–H groups in total. The van der Waals surface area contributed by atoms with Crippen molar-refractivity contribution in [1.82, 2.24) is 10.2 Å². The first kappa shape index (κ1) is 21.2. The molecule has 1 amide bonds. The van der Waals surface area contributed by atoms with E-state index in [0.29, 0.717) is 25.5 Å². The van der Waals surface area contributed by atoms with E-state index in [1.54, 1.807) is 7.11 Å². The minimum atomic E-state index is -0.139. The van der Waals surface area contributed by atoms with Gasteiger partial charge in [0, 0.05) is 25.0 Å². The number of carbonyl (C=O) groups is 1. The summed E-state index contributed by atoms with van der Waals surface area (Å²) < 4.78 is 16.6. The Labute approximate surface area is 182 Å². The lowest BCUT2D eigenvalue weighted by molar-refractivity contribution is -0.123. The van der Waals surface area contributed by atoms with Crippen molar-refractivity contribution in [2.24, 2.45) is 0 Å². The Hall–Kier alpha value is -3.09. The Morgan fingerprint density at radius 2 is 1.77 bits per heavy atom. The molecule has 0 bridgehead atoms. The van der Waals surface area contributed by atoms with Gasteiger partial charge in [-0.1, -0.05) is 48.5 Å². The maximum Gasteiger partial charge on any atom is 0.258 e. The van der Waals surface area contributed by atoms with Gasteiger partial charge in [-0.25, -0.2) is 0 Å². The molecule has 1 fully saturated rings. The molecule has 0 saturated carbocycles. The highest BCUT2D eigenvalue weighted by Crippen LogP contribution is 2.25. The van der Waals surface area contributed by atoms with Gasteiger partial charge >= 0.3 is 0 Å². The molecule has 1 atom stereocenters. The van der Waals surface area contributed by atoms with Crippen molar-refractivity contribution in [2.75, 3.05) is 46.6 Å². The van der Waals surface area contributed by atoms with Crippen molar-refractivity contribution in [3.63, 3.8) is 0 Å². The maximum atomic E-state index is 12.6. The van der Waals surface area contributed by atoms with Crippen LogP contribution in [0.3, 0.4) is 0 Å². The summed E-state index contributed by atoms with van der Waals surface area (Å²) in [4.78, 5) is 14.9. The minimum absolute atomic E-state index is 0.0214. The van der Waals surface area contributed by atoms with Gasteiger partial charge < -0.3 is 19.5 Å². The highest BCUT2D eigenvalue weighted by Gasteiger charge is 2.23. The number of fused-ring (bicyclic) bond motifs is 1. The summed E-state index contributed by atoms with van der Waals surface area (Å²) in [5, 5.41) is 5.14. The van der Waals surface area contributed by atoms with E-state index in [-0.39, 0.29) is 18.6 Å². The molecular weight excluding hydrogens is 392 g/mol. The molecule has 3 aromatic rings. The van der Waals surface area contributed by atoms with E-state index in [4.69, 9.17) is 14.2 Å². The van der Waals surface area contributed by atoms with Gasteiger partial charge in [-0.05, 0) is 29.1 Å². The van der Waals surface area contributed by atoms with Crippen molar-refractivity contribution in [2.45, 2.75) is 6.04 Å². The number of hydrogen-bond acceptors (Lipinski definition) is 5. The van der Waals surface area contributed by atoms with E-state index >= 15 is 0 Å². The maximum absolute atomic E-state index is 12.6. The molecule has 1 aliphatic rings. The summed E-state index contributed by atoms with van der Waals surface area (Å²) in [6.45, 7) is 3.55. The largest absolute Gasteiger partial charge is 0.497 e. The van der Waals surface area contributed by atoms with Crippen LogP contribution in [0, 0.1) is 0 Å². The van der Waals surface area contributed by atoms with Crippen LogP contribution in [-0.4, -0.2) is 57.4 Å². The van der Waals surface area contributed by atoms with E-state index in [9.17, 15) is 4.79 Å². The van der Waals surface area contributed by atoms with Crippen LogP contribution in [0.2, 0.25) is 0 Å². The predicted molar refractivity (Wildman–Crippen MR) is 121 cm³/mol. The van der Waals surface area contributed by atoms with Crippen LogP contribution in [0.5, 0.6) is 11.5 Å². The quantitative estimate of drug-likeness (QED) is 0.605. The van der Waals surface area contributed by atoms with E-state index < -0.39 is 0 Å². The van der Waals surface area contributed by atoms with E-state index in [2.05, 4.69) is 22.3 Å². The molecule has 6 nitrogen and oxygen atoms in total. The van der Waals surface area contributed by atoms with Crippen LogP contribution in [-0.2, 0) is 9.53 Å². The molecular formula is C25H28N2O4. The molecule has 0 aliphatic carbocycles. The zero-order valence-corrected chi connectivity index (χ0v) is 17.8. The average molecular weight is 421 g/mol. The number of morpholine rings is 1. The molecule has 0 radical (unpaired) electrons. The van der Waals surface area contributed by atoms with Gasteiger partial charge in [0.15, 0.2) is 6.61 Å². The summed E-state index contributed by atoms with van der Waals surface area (Å²) >= 11 is 0. The fraction of sp³-hybridized carbons (Fsp3) is 0.320. The molecule has 1 unspecified atom stereocenters. The average Bonchev–Trinajstić information content (AvgIpc) is 2.84.